The molecule has 0 atom stereocenters. The zero-order valence-electron chi connectivity index (χ0n) is 12.5. The maximum Gasteiger partial charge on any atom is 0.324 e. The first-order chi connectivity index (χ1) is 11.1. The smallest absolute Gasteiger partial charge is 0.306 e. The summed E-state index contributed by atoms with van der Waals surface area (Å²) >= 11 is 6.04. The molecule has 2 aromatic carbocycles. The Balaban J connectivity index is 1.81. The van der Waals surface area contributed by atoms with E-state index in [1.54, 1.807) is 35.0 Å². The number of hydrogen-bond donors (Lipinski definition) is 2. The van der Waals surface area contributed by atoms with Crippen molar-refractivity contribution in [1.82, 2.24) is 9.78 Å². The van der Waals surface area contributed by atoms with E-state index in [1.807, 2.05) is 37.3 Å². The topological polar surface area (TPSA) is 59.0 Å². The van der Waals surface area contributed by atoms with Crippen LogP contribution in [0.4, 0.5) is 16.3 Å². The molecule has 23 heavy (non-hydrogen) atoms. The molecule has 6 heteroatoms. The van der Waals surface area contributed by atoms with Crippen molar-refractivity contribution in [2.45, 2.75) is 6.92 Å². The predicted molar refractivity (Wildman–Crippen MR) is 92.4 cm³/mol. The van der Waals surface area contributed by atoms with E-state index in [2.05, 4.69) is 15.7 Å². The zero-order valence-corrected chi connectivity index (χ0v) is 13.2. The van der Waals surface area contributed by atoms with E-state index in [4.69, 9.17) is 11.6 Å². The van der Waals surface area contributed by atoms with Crippen LogP contribution in [0, 0.1) is 6.92 Å². The lowest BCUT2D eigenvalue weighted by Gasteiger charge is -2.10. The molecule has 0 radical (unpaired) electrons. The third-order valence-electron chi connectivity index (χ3n) is 3.20. The van der Waals surface area contributed by atoms with E-state index in [-0.39, 0.29) is 6.03 Å². The summed E-state index contributed by atoms with van der Waals surface area (Å²) in [6.07, 6.45) is 0. The van der Waals surface area contributed by atoms with Crippen LogP contribution >= 0.6 is 11.6 Å². The van der Waals surface area contributed by atoms with Gasteiger partial charge in [-0.25, -0.2) is 9.48 Å². The Morgan fingerprint density at radius 3 is 2.48 bits per heavy atom. The highest BCUT2D eigenvalue weighted by atomic mass is 35.5. The van der Waals surface area contributed by atoms with Gasteiger partial charge in [0.2, 0.25) is 0 Å². The molecule has 2 amide bonds. The highest BCUT2D eigenvalue weighted by molar-refractivity contribution is 6.33. The summed E-state index contributed by atoms with van der Waals surface area (Å²) < 4.78 is 1.68. The van der Waals surface area contributed by atoms with Crippen molar-refractivity contribution < 1.29 is 4.79 Å². The summed E-state index contributed by atoms with van der Waals surface area (Å²) in [5.74, 6) is 0.582. The van der Waals surface area contributed by atoms with Crippen molar-refractivity contribution in [1.29, 1.82) is 0 Å². The van der Waals surface area contributed by atoms with Crippen molar-refractivity contribution in [3.05, 3.63) is 71.4 Å². The number of carbonyl (C=O) groups excluding carboxylic acids is 1. The quantitative estimate of drug-likeness (QED) is 0.745. The third kappa shape index (κ3) is 3.52. The fraction of sp³-hybridized carbons (Fsp3) is 0.0588. The van der Waals surface area contributed by atoms with Crippen LogP contribution in [0.25, 0.3) is 5.69 Å². The number of hydrogen-bond acceptors (Lipinski definition) is 2. The van der Waals surface area contributed by atoms with Crippen molar-refractivity contribution in [2.24, 2.45) is 0 Å². The first-order valence-corrected chi connectivity index (χ1v) is 7.46. The minimum atomic E-state index is -0.379. The molecule has 1 heterocycles. The lowest BCUT2D eigenvalue weighted by atomic mass is 10.3. The molecule has 116 valence electrons. The van der Waals surface area contributed by atoms with Gasteiger partial charge in [0.1, 0.15) is 5.82 Å². The second-order valence-corrected chi connectivity index (χ2v) is 5.38. The summed E-state index contributed by atoms with van der Waals surface area (Å²) in [6, 6.07) is 18.1. The summed E-state index contributed by atoms with van der Waals surface area (Å²) in [5, 5.41) is 10.4. The molecule has 3 rings (SSSR count). The number of nitrogens with zero attached hydrogens (tertiary/aromatic N) is 2. The van der Waals surface area contributed by atoms with Crippen LogP contribution < -0.4 is 10.6 Å². The number of aromatic nitrogens is 2. The molecule has 0 spiro atoms. The van der Waals surface area contributed by atoms with Crippen LogP contribution in [0.15, 0.2) is 60.7 Å². The van der Waals surface area contributed by atoms with E-state index in [1.165, 1.54) is 0 Å². The van der Waals surface area contributed by atoms with Gasteiger partial charge in [-0.3, -0.25) is 5.32 Å². The highest BCUT2D eigenvalue weighted by Gasteiger charge is 2.11. The third-order valence-corrected chi connectivity index (χ3v) is 3.53. The van der Waals surface area contributed by atoms with Crippen molar-refractivity contribution in [2.75, 3.05) is 10.6 Å². The molecule has 0 aliphatic rings. The van der Waals surface area contributed by atoms with Crippen LogP contribution in [0.5, 0.6) is 0 Å². The van der Waals surface area contributed by atoms with Crippen molar-refractivity contribution >= 4 is 29.1 Å². The Morgan fingerprint density at radius 1 is 1.04 bits per heavy atom. The maximum atomic E-state index is 12.2. The van der Waals surface area contributed by atoms with E-state index in [0.717, 1.165) is 11.4 Å². The lowest BCUT2D eigenvalue weighted by molar-refractivity contribution is 0.262. The van der Waals surface area contributed by atoms with E-state index >= 15 is 0 Å². The Bertz CT molecular complexity index is 830. The minimum absolute atomic E-state index is 0.379. The molecule has 0 fully saturated rings. The van der Waals surface area contributed by atoms with Gasteiger partial charge < -0.3 is 5.32 Å². The molecule has 0 saturated heterocycles. The second kappa shape index (κ2) is 6.54. The molecule has 0 unspecified atom stereocenters. The van der Waals surface area contributed by atoms with Crippen LogP contribution in [-0.4, -0.2) is 15.8 Å². The number of para-hydroxylation sites is 2. The fourth-order valence-corrected chi connectivity index (χ4v) is 2.37. The molecule has 2 N–H and O–H groups in total. The van der Waals surface area contributed by atoms with E-state index in [9.17, 15) is 4.79 Å². The first kappa shape index (κ1) is 15.1. The van der Waals surface area contributed by atoms with Crippen LogP contribution in [0.2, 0.25) is 5.02 Å². The Labute approximate surface area is 138 Å². The van der Waals surface area contributed by atoms with Gasteiger partial charge in [-0.05, 0) is 31.2 Å². The van der Waals surface area contributed by atoms with Gasteiger partial charge in [-0.15, -0.1) is 0 Å². The number of aryl methyl sites for hydroxylation is 1. The molecular weight excluding hydrogens is 312 g/mol. The normalized spacial score (nSPS) is 10.3. The van der Waals surface area contributed by atoms with E-state index in [0.29, 0.717) is 16.5 Å². The molecule has 5 nitrogen and oxygen atoms in total. The summed E-state index contributed by atoms with van der Waals surface area (Å²) in [5.41, 5.74) is 2.23. The highest BCUT2D eigenvalue weighted by Crippen LogP contribution is 2.21. The Kier molecular flexibility index (Phi) is 4.30. The predicted octanol–water partition coefficient (Wildman–Crippen LogP) is 4.48. The molecule has 3 aromatic rings. The number of anilines is 2. The van der Waals surface area contributed by atoms with Gasteiger partial charge in [-0.2, -0.15) is 5.10 Å². The molecule has 0 saturated carbocycles. The standard InChI is InChI=1S/C17H15ClN4O/c1-12-11-16(22(21-12)13-7-3-2-4-8-13)20-17(23)19-15-10-6-5-9-14(15)18/h2-11H,1H3,(H2,19,20,23). The minimum Gasteiger partial charge on any atom is -0.306 e. The van der Waals surface area contributed by atoms with Gasteiger partial charge in [0, 0.05) is 6.07 Å². The van der Waals surface area contributed by atoms with Crippen LogP contribution in [-0.2, 0) is 0 Å². The number of carbonyl (C=O) groups is 1. The van der Waals surface area contributed by atoms with Gasteiger partial charge in [0.15, 0.2) is 0 Å². The van der Waals surface area contributed by atoms with Crippen molar-refractivity contribution in [3.8, 4) is 5.69 Å². The number of urea groups is 1. The number of nitrogens with one attached hydrogen (secondary N) is 2. The number of halogens is 1. The fourth-order valence-electron chi connectivity index (χ4n) is 2.19. The number of rotatable bonds is 3. The molecule has 0 bridgehead atoms. The Morgan fingerprint density at radius 2 is 1.74 bits per heavy atom. The average molecular weight is 327 g/mol. The number of benzene rings is 2. The van der Waals surface area contributed by atoms with Gasteiger partial charge in [0.05, 0.1) is 22.1 Å². The second-order valence-electron chi connectivity index (χ2n) is 4.98. The summed E-state index contributed by atoms with van der Waals surface area (Å²) in [4.78, 5) is 12.2. The van der Waals surface area contributed by atoms with Gasteiger partial charge in [-0.1, -0.05) is 41.9 Å². The molecule has 1 aromatic heterocycles. The van der Waals surface area contributed by atoms with Gasteiger partial charge in [0.25, 0.3) is 0 Å². The maximum absolute atomic E-state index is 12.2. The molecule has 0 aliphatic heterocycles. The monoisotopic (exact) mass is 326 g/mol. The largest absolute Gasteiger partial charge is 0.324 e. The zero-order chi connectivity index (χ0) is 16.2. The van der Waals surface area contributed by atoms with E-state index < -0.39 is 0 Å². The van der Waals surface area contributed by atoms with Gasteiger partial charge >= 0.3 is 6.03 Å². The first-order valence-electron chi connectivity index (χ1n) is 7.08. The van der Waals surface area contributed by atoms with Crippen LogP contribution in [0.3, 0.4) is 0 Å². The van der Waals surface area contributed by atoms with Crippen LogP contribution in [0.1, 0.15) is 5.69 Å². The molecule has 0 aliphatic carbocycles. The van der Waals surface area contributed by atoms with Crippen molar-refractivity contribution in [3.63, 3.8) is 0 Å². The molecular formula is C17H15ClN4O. The Hall–Kier alpha value is -2.79. The summed E-state index contributed by atoms with van der Waals surface area (Å²) in [7, 11) is 0. The SMILES string of the molecule is Cc1cc(NC(=O)Nc2ccccc2Cl)n(-c2ccccc2)n1. The number of amides is 2. The summed E-state index contributed by atoms with van der Waals surface area (Å²) in [6.45, 7) is 1.87. The lowest BCUT2D eigenvalue weighted by Crippen LogP contribution is -2.21. The average Bonchev–Trinajstić information content (AvgIpc) is 2.91.